The molecule has 1 aliphatic carbocycles. The summed E-state index contributed by atoms with van der Waals surface area (Å²) >= 11 is 12.6. The van der Waals surface area contributed by atoms with Crippen LogP contribution in [0.1, 0.15) is 50.1 Å². The number of aliphatic hydroxyl groups excluding tert-OH is 1. The maximum atomic E-state index is 11.6. The molecule has 0 bridgehead atoms. The van der Waals surface area contributed by atoms with Crippen LogP contribution in [-0.4, -0.2) is 36.7 Å². The lowest BCUT2D eigenvalue weighted by atomic mass is 9.83. The second-order valence-corrected chi connectivity index (χ2v) is 10.0. The van der Waals surface area contributed by atoms with Crippen molar-refractivity contribution in [3.05, 3.63) is 64.4 Å². The van der Waals surface area contributed by atoms with E-state index in [0.29, 0.717) is 57.0 Å². The van der Waals surface area contributed by atoms with Crippen molar-refractivity contribution in [3.8, 4) is 17.0 Å². The van der Waals surface area contributed by atoms with Gasteiger partial charge >= 0.3 is 0 Å². The third-order valence-corrected chi connectivity index (χ3v) is 7.21. The minimum absolute atomic E-state index is 0.0712. The van der Waals surface area contributed by atoms with Crippen molar-refractivity contribution >= 4 is 34.4 Å². The Morgan fingerprint density at radius 2 is 1.86 bits per heavy atom. The van der Waals surface area contributed by atoms with Gasteiger partial charge in [-0.15, -0.1) is 0 Å². The van der Waals surface area contributed by atoms with E-state index in [-0.39, 0.29) is 5.28 Å². The molecule has 0 amide bonds. The van der Waals surface area contributed by atoms with Crippen LogP contribution in [0.5, 0.6) is 5.75 Å². The average Bonchev–Trinajstić information content (AvgIpc) is 3.22. The summed E-state index contributed by atoms with van der Waals surface area (Å²) in [5.41, 5.74) is 3.07. The van der Waals surface area contributed by atoms with Crippen LogP contribution in [-0.2, 0) is 6.54 Å². The second kappa shape index (κ2) is 10.1. The third-order valence-electron chi connectivity index (χ3n) is 6.84. The summed E-state index contributed by atoms with van der Waals surface area (Å²) in [6, 6.07) is 9.21. The number of pyridine rings is 1. The predicted molar refractivity (Wildman–Crippen MR) is 137 cm³/mol. The summed E-state index contributed by atoms with van der Waals surface area (Å²) in [4.78, 5) is 18.0. The van der Waals surface area contributed by atoms with Crippen LogP contribution in [0.4, 0.5) is 0 Å². The van der Waals surface area contributed by atoms with Gasteiger partial charge in [0.1, 0.15) is 28.9 Å². The van der Waals surface area contributed by atoms with Crippen LogP contribution in [0.15, 0.2) is 42.7 Å². The molecule has 7 nitrogen and oxygen atoms in total. The number of hydrogen-bond acceptors (Lipinski definition) is 6. The Labute approximate surface area is 214 Å². The molecule has 3 heterocycles. The van der Waals surface area contributed by atoms with Gasteiger partial charge in [0.15, 0.2) is 5.65 Å². The van der Waals surface area contributed by atoms with Crippen molar-refractivity contribution in [2.45, 2.75) is 45.3 Å². The van der Waals surface area contributed by atoms with Crippen LogP contribution < -0.4 is 4.74 Å². The Balaban J connectivity index is 1.71. The summed E-state index contributed by atoms with van der Waals surface area (Å²) in [5, 5.41) is 12.1. The number of halogens is 2. The van der Waals surface area contributed by atoms with Gasteiger partial charge in [-0.3, -0.25) is 4.98 Å². The Hall–Kier alpha value is -2.74. The molecule has 0 spiro atoms. The first-order valence-corrected chi connectivity index (χ1v) is 12.6. The number of imidazole rings is 1. The molecule has 5 rings (SSSR count). The summed E-state index contributed by atoms with van der Waals surface area (Å²) < 4.78 is 7.58. The van der Waals surface area contributed by atoms with Crippen LogP contribution in [0.3, 0.4) is 0 Å². The first-order chi connectivity index (χ1) is 16.9. The van der Waals surface area contributed by atoms with Gasteiger partial charge in [-0.1, -0.05) is 49.6 Å². The quantitative estimate of drug-likeness (QED) is 0.314. The van der Waals surface area contributed by atoms with E-state index in [0.717, 1.165) is 18.8 Å². The molecule has 182 valence electrons. The standard InChI is InChI=1S/C26H27Cl2N5O2/c1-15-7-9-16(10-8-15)14-33-22-21(17-11-18(27)13-29-12-17)30-26(28)32-24(22)31-25(33)23(34)19-5-3-4-6-20(19)35-2/h3-6,11-13,15-16,23,34H,7-10,14H2,1-2H3. The topological polar surface area (TPSA) is 85.9 Å². The highest BCUT2D eigenvalue weighted by Gasteiger charge is 2.28. The molecule has 9 heteroatoms. The SMILES string of the molecule is COc1ccccc1C(O)c1nc2nc(Cl)nc(-c3cncc(Cl)c3)c2n1CC1CCC(C)CC1. The van der Waals surface area contributed by atoms with Gasteiger partial charge in [-0.2, -0.15) is 4.98 Å². The van der Waals surface area contributed by atoms with Crippen molar-refractivity contribution in [2.24, 2.45) is 11.8 Å². The Kier molecular flexibility index (Phi) is 6.91. The van der Waals surface area contributed by atoms with Gasteiger partial charge in [0.25, 0.3) is 0 Å². The fraction of sp³-hybridized carbons (Fsp3) is 0.385. The Morgan fingerprint density at radius 1 is 1.09 bits per heavy atom. The second-order valence-electron chi connectivity index (χ2n) is 9.26. The highest BCUT2D eigenvalue weighted by molar-refractivity contribution is 6.30. The van der Waals surface area contributed by atoms with Crippen LogP contribution >= 0.6 is 23.2 Å². The minimum Gasteiger partial charge on any atom is -0.496 e. The molecule has 4 aromatic rings. The molecule has 1 N–H and O–H groups in total. The molecule has 1 saturated carbocycles. The molecule has 1 atom stereocenters. The van der Waals surface area contributed by atoms with E-state index < -0.39 is 6.10 Å². The van der Waals surface area contributed by atoms with E-state index in [1.54, 1.807) is 25.6 Å². The number of rotatable bonds is 6. The maximum absolute atomic E-state index is 11.6. The largest absolute Gasteiger partial charge is 0.496 e. The minimum atomic E-state index is -1.02. The number of ether oxygens (including phenoxy) is 1. The van der Waals surface area contributed by atoms with Crippen LogP contribution in [0, 0.1) is 11.8 Å². The fourth-order valence-electron chi connectivity index (χ4n) is 4.96. The smallest absolute Gasteiger partial charge is 0.225 e. The fourth-order valence-corrected chi connectivity index (χ4v) is 5.30. The molecule has 1 unspecified atom stereocenters. The van der Waals surface area contributed by atoms with Crippen molar-refractivity contribution in [3.63, 3.8) is 0 Å². The highest BCUT2D eigenvalue weighted by atomic mass is 35.5. The van der Waals surface area contributed by atoms with E-state index in [4.69, 9.17) is 32.9 Å². The lowest BCUT2D eigenvalue weighted by molar-refractivity contribution is 0.193. The number of benzene rings is 1. The van der Waals surface area contributed by atoms with E-state index in [1.807, 2.05) is 24.3 Å². The monoisotopic (exact) mass is 511 g/mol. The Morgan fingerprint density at radius 3 is 2.60 bits per heavy atom. The van der Waals surface area contributed by atoms with Gasteiger partial charge in [0.05, 0.1) is 12.1 Å². The number of para-hydroxylation sites is 1. The number of nitrogens with zero attached hydrogens (tertiary/aromatic N) is 5. The van der Waals surface area contributed by atoms with Crippen molar-refractivity contribution in [2.75, 3.05) is 7.11 Å². The van der Waals surface area contributed by atoms with E-state index in [2.05, 4.69) is 26.4 Å². The predicted octanol–water partition coefficient (Wildman–Crippen LogP) is 6.11. The first-order valence-electron chi connectivity index (χ1n) is 11.8. The number of fused-ring (bicyclic) bond motifs is 1. The third kappa shape index (κ3) is 4.85. The molecular weight excluding hydrogens is 485 g/mol. The van der Waals surface area contributed by atoms with Gasteiger partial charge in [-0.25, -0.2) is 9.97 Å². The van der Waals surface area contributed by atoms with Gasteiger partial charge in [0, 0.05) is 30.1 Å². The summed E-state index contributed by atoms with van der Waals surface area (Å²) in [6.07, 6.45) is 6.86. The van der Waals surface area contributed by atoms with Gasteiger partial charge in [0.2, 0.25) is 5.28 Å². The van der Waals surface area contributed by atoms with Crippen LogP contribution in [0.2, 0.25) is 10.3 Å². The zero-order valence-corrected chi connectivity index (χ0v) is 21.2. The van der Waals surface area contributed by atoms with Gasteiger partial charge < -0.3 is 14.4 Å². The molecule has 1 aromatic carbocycles. The zero-order valence-electron chi connectivity index (χ0n) is 19.7. The van der Waals surface area contributed by atoms with E-state index >= 15 is 0 Å². The van der Waals surface area contributed by atoms with E-state index in [9.17, 15) is 5.11 Å². The molecule has 0 saturated heterocycles. The van der Waals surface area contributed by atoms with Crippen LogP contribution in [0.25, 0.3) is 22.4 Å². The lowest BCUT2D eigenvalue weighted by Gasteiger charge is -2.28. The van der Waals surface area contributed by atoms with Gasteiger partial charge in [-0.05, 0) is 48.4 Å². The number of methoxy groups -OCH3 is 1. The lowest BCUT2D eigenvalue weighted by Crippen LogP contribution is -2.20. The first kappa shape index (κ1) is 24.0. The Bertz CT molecular complexity index is 1350. The summed E-state index contributed by atoms with van der Waals surface area (Å²) in [6.45, 7) is 3.00. The molecule has 0 aliphatic heterocycles. The zero-order chi connectivity index (χ0) is 24.5. The van der Waals surface area contributed by atoms with E-state index in [1.165, 1.54) is 12.8 Å². The van der Waals surface area contributed by atoms with Crippen molar-refractivity contribution in [1.82, 2.24) is 24.5 Å². The number of aliphatic hydroxyl groups is 1. The molecule has 0 radical (unpaired) electrons. The molecule has 1 aliphatic rings. The molecule has 1 fully saturated rings. The average molecular weight is 512 g/mol. The number of hydrogen-bond donors (Lipinski definition) is 1. The highest BCUT2D eigenvalue weighted by Crippen LogP contribution is 2.37. The summed E-state index contributed by atoms with van der Waals surface area (Å²) in [7, 11) is 1.59. The molecular formula is C26H27Cl2N5O2. The van der Waals surface area contributed by atoms with Crippen molar-refractivity contribution in [1.29, 1.82) is 0 Å². The normalized spacial score (nSPS) is 19.1. The van der Waals surface area contributed by atoms with Crippen molar-refractivity contribution < 1.29 is 9.84 Å². The summed E-state index contributed by atoms with van der Waals surface area (Å²) in [5.74, 6) is 2.26. The molecule has 35 heavy (non-hydrogen) atoms. The number of aromatic nitrogens is 5. The molecule has 3 aromatic heterocycles. The maximum Gasteiger partial charge on any atom is 0.225 e.